The normalized spacial score (nSPS) is 12.8. The van der Waals surface area contributed by atoms with Crippen molar-refractivity contribution in [3.05, 3.63) is 64.2 Å². The molecule has 2 aromatic rings. The number of ether oxygens (including phenoxy) is 2. The van der Waals surface area contributed by atoms with E-state index in [-0.39, 0.29) is 16.8 Å². The van der Waals surface area contributed by atoms with Crippen LogP contribution in [-0.4, -0.2) is 18.5 Å². The molecule has 4 nitrogen and oxygen atoms in total. The van der Waals surface area contributed by atoms with Gasteiger partial charge in [0.25, 0.3) is 0 Å². The van der Waals surface area contributed by atoms with Gasteiger partial charge in [0.2, 0.25) is 0 Å². The fraction of sp³-hybridized carbons (Fsp3) is 0.576. The van der Waals surface area contributed by atoms with Crippen molar-refractivity contribution in [2.24, 2.45) is 0 Å². The van der Waals surface area contributed by atoms with Crippen molar-refractivity contribution >= 4 is 11.9 Å². The van der Waals surface area contributed by atoms with E-state index in [4.69, 9.17) is 9.47 Å². The summed E-state index contributed by atoms with van der Waals surface area (Å²) < 4.78 is 11.7. The summed E-state index contributed by atoms with van der Waals surface area (Å²) in [5.41, 5.74) is 4.05. The molecular weight excluding hydrogens is 460 g/mol. The highest BCUT2D eigenvalue weighted by molar-refractivity contribution is 5.92. The largest absolute Gasteiger partial charge is 0.466 e. The average Bonchev–Trinajstić information content (AvgIpc) is 2.82. The Morgan fingerprint density at radius 3 is 1.97 bits per heavy atom. The fourth-order valence-electron chi connectivity index (χ4n) is 4.41. The van der Waals surface area contributed by atoms with E-state index in [1.807, 2.05) is 31.2 Å². The number of esters is 2. The predicted molar refractivity (Wildman–Crippen MR) is 153 cm³/mol. The van der Waals surface area contributed by atoms with Gasteiger partial charge in [-0.05, 0) is 60.3 Å². The van der Waals surface area contributed by atoms with Crippen LogP contribution in [0.3, 0.4) is 0 Å². The van der Waals surface area contributed by atoms with Gasteiger partial charge in [-0.3, -0.25) is 4.79 Å². The molecule has 0 saturated carbocycles. The topological polar surface area (TPSA) is 52.6 Å². The summed E-state index contributed by atoms with van der Waals surface area (Å²) in [6.07, 6.45) is 5.73. The van der Waals surface area contributed by atoms with E-state index in [0.717, 1.165) is 48.8 Å². The molecule has 0 spiro atoms. The zero-order valence-electron chi connectivity index (χ0n) is 24.6. The summed E-state index contributed by atoms with van der Waals surface area (Å²) in [5.74, 6) is -0.674. The van der Waals surface area contributed by atoms with E-state index in [1.54, 1.807) is 0 Å². The fourth-order valence-corrected chi connectivity index (χ4v) is 4.41. The zero-order chi connectivity index (χ0) is 27.8. The number of carbonyl (C=O) groups is 2. The van der Waals surface area contributed by atoms with Crippen molar-refractivity contribution < 1.29 is 19.1 Å². The van der Waals surface area contributed by atoms with E-state index in [0.29, 0.717) is 24.3 Å². The van der Waals surface area contributed by atoms with Gasteiger partial charge in [-0.2, -0.15) is 0 Å². The molecular formula is C33H48O4. The van der Waals surface area contributed by atoms with Crippen LogP contribution in [0.5, 0.6) is 5.75 Å². The van der Waals surface area contributed by atoms with Gasteiger partial charge >= 0.3 is 11.9 Å². The smallest absolute Gasteiger partial charge is 0.343 e. The van der Waals surface area contributed by atoms with E-state index in [9.17, 15) is 9.59 Å². The molecule has 0 aliphatic heterocycles. The lowest BCUT2D eigenvalue weighted by Crippen LogP contribution is -2.24. The predicted octanol–water partition coefficient (Wildman–Crippen LogP) is 8.68. The van der Waals surface area contributed by atoms with Crippen molar-refractivity contribution in [3.63, 3.8) is 0 Å². The summed E-state index contributed by atoms with van der Waals surface area (Å²) in [7, 11) is 0. The van der Waals surface area contributed by atoms with Crippen LogP contribution < -0.4 is 4.74 Å². The van der Waals surface area contributed by atoms with Gasteiger partial charge in [-0.25, -0.2) is 4.79 Å². The second kappa shape index (κ2) is 13.3. The Kier molecular flexibility index (Phi) is 11.0. The van der Waals surface area contributed by atoms with Crippen LogP contribution in [0.25, 0.3) is 0 Å². The molecule has 0 aliphatic carbocycles. The van der Waals surface area contributed by atoms with Crippen molar-refractivity contribution in [2.75, 3.05) is 6.61 Å². The van der Waals surface area contributed by atoms with Gasteiger partial charge in [0, 0.05) is 11.1 Å². The van der Waals surface area contributed by atoms with Crippen LogP contribution >= 0.6 is 0 Å². The summed E-state index contributed by atoms with van der Waals surface area (Å²) in [4.78, 5) is 26.7. The van der Waals surface area contributed by atoms with Gasteiger partial charge in [0.05, 0.1) is 18.1 Å². The molecule has 1 unspecified atom stereocenters. The highest BCUT2D eigenvalue weighted by Gasteiger charge is 2.33. The first-order valence-corrected chi connectivity index (χ1v) is 14.0. The van der Waals surface area contributed by atoms with Crippen LogP contribution in [0.15, 0.2) is 36.4 Å². The third-order valence-electron chi connectivity index (χ3n) is 6.79. The van der Waals surface area contributed by atoms with Gasteiger partial charge < -0.3 is 9.47 Å². The molecule has 37 heavy (non-hydrogen) atoms. The summed E-state index contributed by atoms with van der Waals surface area (Å²) in [5, 5.41) is 0. The highest BCUT2D eigenvalue weighted by Crippen LogP contribution is 2.43. The van der Waals surface area contributed by atoms with E-state index in [2.05, 4.69) is 67.5 Å². The molecule has 0 heterocycles. The highest BCUT2D eigenvalue weighted by atomic mass is 16.5. The van der Waals surface area contributed by atoms with E-state index >= 15 is 0 Å². The van der Waals surface area contributed by atoms with E-state index in [1.165, 1.54) is 5.56 Å². The Labute approximate surface area is 225 Å². The molecule has 0 N–H and O–H groups in total. The van der Waals surface area contributed by atoms with Crippen LogP contribution in [0.2, 0.25) is 0 Å². The minimum absolute atomic E-state index is 0.143. The molecule has 0 aromatic heterocycles. The number of unbranched alkanes of at least 4 members (excludes halogenated alkanes) is 2. The number of hydrogen-bond donors (Lipinski definition) is 0. The van der Waals surface area contributed by atoms with Crippen molar-refractivity contribution in [1.29, 1.82) is 0 Å². The van der Waals surface area contributed by atoms with Gasteiger partial charge in [-0.1, -0.05) is 98.9 Å². The molecule has 0 aliphatic rings. The van der Waals surface area contributed by atoms with Gasteiger partial charge in [0.15, 0.2) is 0 Å². The Balaban J connectivity index is 2.68. The van der Waals surface area contributed by atoms with Crippen molar-refractivity contribution in [1.82, 2.24) is 0 Å². The average molecular weight is 509 g/mol. The number of benzene rings is 2. The summed E-state index contributed by atoms with van der Waals surface area (Å²) in [6, 6.07) is 11.9. The third-order valence-corrected chi connectivity index (χ3v) is 6.79. The number of carbonyl (C=O) groups excluding carboxylic acids is 2. The van der Waals surface area contributed by atoms with Gasteiger partial charge in [-0.15, -0.1) is 0 Å². The summed E-state index contributed by atoms with van der Waals surface area (Å²) >= 11 is 0. The Hall–Kier alpha value is -2.62. The number of rotatable bonds is 11. The molecule has 1 atom stereocenters. The van der Waals surface area contributed by atoms with Crippen molar-refractivity contribution in [3.8, 4) is 5.75 Å². The lowest BCUT2D eigenvalue weighted by molar-refractivity contribution is -0.145. The maximum Gasteiger partial charge on any atom is 0.343 e. The van der Waals surface area contributed by atoms with Crippen LogP contribution in [0.4, 0.5) is 0 Å². The van der Waals surface area contributed by atoms with Crippen LogP contribution in [0.1, 0.15) is 133 Å². The molecule has 0 bridgehead atoms. The third kappa shape index (κ3) is 8.45. The molecule has 4 heteroatoms. The first kappa shape index (κ1) is 30.6. The maximum absolute atomic E-state index is 13.4. The van der Waals surface area contributed by atoms with Gasteiger partial charge in [0.1, 0.15) is 5.75 Å². The first-order chi connectivity index (χ1) is 17.3. The lowest BCUT2D eigenvalue weighted by atomic mass is 9.76. The lowest BCUT2D eigenvalue weighted by Gasteiger charge is -2.30. The minimum Gasteiger partial charge on any atom is -0.466 e. The second-order valence-corrected chi connectivity index (χ2v) is 12.1. The van der Waals surface area contributed by atoms with Crippen molar-refractivity contribution in [2.45, 2.75) is 118 Å². The number of hydrogen-bond acceptors (Lipinski definition) is 4. The molecule has 2 rings (SSSR count). The van der Waals surface area contributed by atoms with Crippen LogP contribution in [0, 0.1) is 0 Å². The molecule has 204 valence electrons. The quantitative estimate of drug-likeness (QED) is 0.225. The molecule has 0 radical (unpaired) electrons. The van der Waals surface area contributed by atoms with E-state index < -0.39 is 11.9 Å². The Bertz CT molecular complexity index is 1040. The summed E-state index contributed by atoms with van der Waals surface area (Å²) in [6.45, 7) is 19.3. The molecule has 0 amide bonds. The maximum atomic E-state index is 13.4. The monoisotopic (exact) mass is 508 g/mol. The number of aryl methyl sites for hydroxylation is 1. The Morgan fingerprint density at radius 2 is 1.46 bits per heavy atom. The molecule has 0 fully saturated rings. The minimum atomic E-state index is -0.498. The SMILES string of the molecule is CCCCc1ccc(C(=O)Oc2c(C(CCCC)C(=O)OCC)cc(C(C)(C)C)cc2C(C)(C)C)cc1. The zero-order valence-corrected chi connectivity index (χ0v) is 24.6. The molecule has 2 aromatic carbocycles. The van der Waals surface area contributed by atoms with Crippen LogP contribution in [-0.2, 0) is 26.8 Å². The standard InChI is InChI=1S/C33H48O4/c1-10-13-15-23-17-19-24(20-18-23)30(34)37-29-27(26(16-14-11-2)31(35)36-12-3)21-25(32(4,5)6)22-28(29)33(7,8)9/h17-22,26H,10-16H2,1-9H3. The Morgan fingerprint density at radius 1 is 0.838 bits per heavy atom. The first-order valence-electron chi connectivity index (χ1n) is 14.0. The molecule has 0 saturated heterocycles. The second-order valence-electron chi connectivity index (χ2n) is 12.1.